The van der Waals surface area contributed by atoms with Crippen LogP contribution in [0.1, 0.15) is 25.7 Å². The quantitative estimate of drug-likeness (QED) is 0.525. The van der Waals surface area contributed by atoms with Gasteiger partial charge in [0.05, 0.1) is 6.10 Å². The predicted octanol–water partition coefficient (Wildman–Crippen LogP) is 0.894. The van der Waals surface area contributed by atoms with Gasteiger partial charge in [0, 0.05) is 5.92 Å². The number of aliphatic hydroxyl groups is 1. The van der Waals surface area contributed by atoms with Crippen LogP contribution in [0, 0.1) is 5.92 Å². The van der Waals surface area contributed by atoms with E-state index in [0.29, 0.717) is 12.0 Å². The molecule has 2 nitrogen and oxygen atoms in total. The van der Waals surface area contributed by atoms with Gasteiger partial charge in [0.2, 0.25) is 0 Å². The lowest BCUT2D eigenvalue weighted by Gasteiger charge is -2.14. The summed E-state index contributed by atoms with van der Waals surface area (Å²) in [5, 5.41) is 9.18. The number of fused-ring (bicyclic) bond motifs is 2. The number of rotatable bonds is 0. The summed E-state index contributed by atoms with van der Waals surface area (Å²) in [7, 11) is 0. The number of hydrogen-bond acceptors (Lipinski definition) is 2. The molecule has 0 amide bonds. The van der Waals surface area contributed by atoms with Crippen LogP contribution < -0.4 is 0 Å². The first-order valence-corrected chi connectivity index (χ1v) is 3.70. The van der Waals surface area contributed by atoms with Gasteiger partial charge < -0.3 is 9.84 Å². The lowest BCUT2D eigenvalue weighted by Crippen LogP contribution is -2.13. The predicted molar refractivity (Wildman–Crippen MR) is 32.8 cm³/mol. The second kappa shape index (κ2) is 1.96. The molecule has 2 fully saturated rings. The summed E-state index contributed by atoms with van der Waals surface area (Å²) >= 11 is 0. The van der Waals surface area contributed by atoms with Crippen molar-refractivity contribution in [2.24, 2.45) is 5.92 Å². The average molecular weight is 128 g/mol. The van der Waals surface area contributed by atoms with Crippen LogP contribution in [-0.4, -0.2) is 17.5 Å². The molecule has 2 rings (SSSR count). The van der Waals surface area contributed by atoms with Gasteiger partial charge in [-0.1, -0.05) is 6.42 Å². The molecule has 0 spiro atoms. The molecule has 2 aliphatic rings. The van der Waals surface area contributed by atoms with E-state index in [1.165, 1.54) is 6.42 Å². The zero-order valence-corrected chi connectivity index (χ0v) is 5.42. The monoisotopic (exact) mass is 128 g/mol. The van der Waals surface area contributed by atoms with E-state index >= 15 is 0 Å². The lowest BCUT2D eigenvalue weighted by molar-refractivity contribution is -0.101. The van der Waals surface area contributed by atoms with Gasteiger partial charge in [0.25, 0.3) is 0 Å². The van der Waals surface area contributed by atoms with Crippen LogP contribution in [0.5, 0.6) is 0 Å². The van der Waals surface area contributed by atoms with Crippen molar-refractivity contribution in [1.82, 2.24) is 0 Å². The van der Waals surface area contributed by atoms with E-state index in [4.69, 9.17) is 4.74 Å². The maximum atomic E-state index is 9.18. The Morgan fingerprint density at radius 2 is 2.22 bits per heavy atom. The molecule has 52 valence electrons. The fourth-order valence-electron chi connectivity index (χ4n) is 1.87. The number of hydrogen-bond donors (Lipinski definition) is 1. The highest BCUT2D eigenvalue weighted by atomic mass is 16.6. The van der Waals surface area contributed by atoms with Crippen LogP contribution in [0.3, 0.4) is 0 Å². The third kappa shape index (κ3) is 0.864. The van der Waals surface area contributed by atoms with Gasteiger partial charge in [-0.15, -0.1) is 0 Å². The number of ether oxygens (including phenoxy) is 1. The summed E-state index contributed by atoms with van der Waals surface area (Å²) in [4.78, 5) is 0. The second-order valence-electron chi connectivity index (χ2n) is 3.08. The van der Waals surface area contributed by atoms with Crippen molar-refractivity contribution in [3.8, 4) is 0 Å². The van der Waals surface area contributed by atoms with E-state index in [9.17, 15) is 5.11 Å². The summed E-state index contributed by atoms with van der Waals surface area (Å²) in [6.45, 7) is 0. The van der Waals surface area contributed by atoms with Crippen molar-refractivity contribution in [1.29, 1.82) is 0 Å². The van der Waals surface area contributed by atoms with Gasteiger partial charge in [-0.25, -0.2) is 0 Å². The minimum Gasteiger partial charge on any atom is -0.368 e. The molecule has 0 radical (unpaired) electrons. The molecule has 3 atom stereocenters. The van der Waals surface area contributed by atoms with E-state index in [0.717, 1.165) is 19.3 Å². The van der Waals surface area contributed by atoms with Crippen LogP contribution in [0.15, 0.2) is 0 Å². The highest BCUT2D eigenvalue weighted by Crippen LogP contribution is 2.36. The van der Waals surface area contributed by atoms with E-state index < -0.39 is 6.29 Å². The minimum atomic E-state index is -0.433. The SMILES string of the molecule is OC1OC2CCCC1C2. The van der Waals surface area contributed by atoms with Crippen molar-refractivity contribution in [3.63, 3.8) is 0 Å². The molecular weight excluding hydrogens is 116 g/mol. The van der Waals surface area contributed by atoms with Crippen molar-refractivity contribution in [2.75, 3.05) is 0 Å². The molecule has 0 aromatic carbocycles. The van der Waals surface area contributed by atoms with Gasteiger partial charge in [-0.05, 0) is 19.3 Å². The standard InChI is InChI=1S/C7H12O2/c8-7-5-2-1-3-6(4-5)9-7/h5-8H,1-4H2. The normalized spacial score (nSPS) is 49.7. The summed E-state index contributed by atoms with van der Waals surface area (Å²) < 4.78 is 5.24. The average Bonchev–Trinajstić information content (AvgIpc) is 2.09. The topological polar surface area (TPSA) is 29.5 Å². The third-order valence-electron chi connectivity index (χ3n) is 2.40. The van der Waals surface area contributed by atoms with Crippen molar-refractivity contribution < 1.29 is 9.84 Å². The maximum absolute atomic E-state index is 9.18. The first kappa shape index (κ1) is 5.69. The Morgan fingerprint density at radius 3 is 2.89 bits per heavy atom. The smallest absolute Gasteiger partial charge is 0.157 e. The molecule has 1 aliphatic heterocycles. The van der Waals surface area contributed by atoms with Gasteiger partial charge in [-0.2, -0.15) is 0 Å². The van der Waals surface area contributed by atoms with Gasteiger partial charge in [0.1, 0.15) is 0 Å². The van der Waals surface area contributed by atoms with E-state index in [2.05, 4.69) is 0 Å². The van der Waals surface area contributed by atoms with Crippen LogP contribution in [0.4, 0.5) is 0 Å². The van der Waals surface area contributed by atoms with Crippen molar-refractivity contribution >= 4 is 0 Å². The molecule has 1 aliphatic carbocycles. The molecule has 2 heteroatoms. The Morgan fingerprint density at radius 1 is 1.33 bits per heavy atom. The maximum Gasteiger partial charge on any atom is 0.157 e. The Bertz CT molecular complexity index is 111. The Labute approximate surface area is 54.8 Å². The van der Waals surface area contributed by atoms with E-state index in [1.54, 1.807) is 0 Å². The molecule has 1 heterocycles. The molecule has 1 N–H and O–H groups in total. The molecule has 1 saturated carbocycles. The largest absolute Gasteiger partial charge is 0.368 e. The molecule has 9 heavy (non-hydrogen) atoms. The van der Waals surface area contributed by atoms with E-state index in [1.807, 2.05) is 0 Å². The Kier molecular flexibility index (Phi) is 1.24. The first-order chi connectivity index (χ1) is 4.36. The zero-order chi connectivity index (χ0) is 6.27. The zero-order valence-electron chi connectivity index (χ0n) is 5.42. The number of aliphatic hydroxyl groups excluding tert-OH is 1. The third-order valence-corrected chi connectivity index (χ3v) is 2.40. The molecule has 1 saturated heterocycles. The second-order valence-corrected chi connectivity index (χ2v) is 3.08. The van der Waals surface area contributed by atoms with Crippen molar-refractivity contribution in [3.05, 3.63) is 0 Å². The van der Waals surface area contributed by atoms with Gasteiger partial charge in [-0.3, -0.25) is 0 Å². The molecular formula is C7H12O2. The van der Waals surface area contributed by atoms with Crippen molar-refractivity contribution in [2.45, 2.75) is 38.1 Å². The van der Waals surface area contributed by atoms with Crippen LogP contribution >= 0.6 is 0 Å². The fraction of sp³-hybridized carbons (Fsp3) is 1.00. The van der Waals surface area contributed by atoms with E-state index in [-0.39, 0.29) is 0 Å². The highest BCUT2D eigenvalue weighted by molar-refractivity contribution is 4.81. The lowest BCUT2D eigenvalue weighted by atomic mass is 9.90. The summed E-state index contributed by atoms with van der Waals surface area (Å²) in [5.41, 5.74) is 0. The minimum absolute atomic E-state index is 0.388. The molecule has 0 aromatic rings. The molecule has 2 bridgehead atoms. The first-order valence-electron chi connectivity index (χ1n) is 3.70. The van der Waals surface area contributed by atoms with Crippen LogP contribution in [0.25, 0.3) is 0 Å². The molecule has 0 aromatic heterocycles. The van der Waals surface area contributed by atoms with Crippen LogP contribution in [-0.2, 0) is 4.74 Å². The van der Waals surface area contributed by atoms with Gasteiger partial charge in [0.15, 0.2) is 6.29 Å². The Balaban J connectivity index is 2.07. The fourth-order valence-corrected chi connectivity index (χ4v) is 1.87. The molecule has 3 unspecified atom stereocenters. The summed E-state index contributed by atoms with van der Waals surface area (Å²) in [6.07, 6.45) is 4.62. The van der Waals surface area contributed by atoms with Gasteiger partial charge >= 0.3 is 0 Å². The summed E-state index contributed by atoms with van der Waals surface area (Å²) in [6, 6.07) is 0. The van der Waals surface area contributed by atoms with Crippen LogP contribution in [0.2, 0.25) is 0 Å². The summed E-state index contributed by atoms with van der Waals surface area (Å²) in [5.74, 6) is 0.462. The Hall–Kier alpha value is -0.0800. The highest BCUT2D eigenvalue weighted by Gasteiger charge is 2.36.